The van der Waals surface area contributed by atoms with Crippen LogP contribution >= 0.6 is 0 Å². The summed E-state index contributed by atoms with van der Waals surface area (Å²) in [4.78, 5) is 42.9. The van der Waals surface area contributed by atoms with E-state index in [1.807, 2.05) is 74.5 Å². The van der Waals surface area contributed by atoms with Gasteiger partial charge in [0.05, 0.1) is 12.8 Å². The van der Waals surface area contributed by atoms with Gasteiger partial charge in [0.2, 0.25) is 11.8 Å². The smallest absolute Gasteiger partial charge is 0.258 e. The molecule has 3 aromatic rings. The van der Waals surface area contributed by atoms with Gasteiger partial charge in [-0.15, -0.1) is 0 Å². The molecule has 0 radical (unpaired) electrons. The quantitative estimate of drug-likeness (QED) is 0.405. The van der Waals surface area contributed by atoms with Gasteiger partial charge in [-0.25, -0.2) is 0 Å². The molecule has 0 bridgehead atoms. The molecule has 7 heteroatoms. The van der Waals surface area contributed by atoms with Crippen LogP contribution in [0.3, 0.4) is 0 Å². The van der Waals surface area contributed by atoms with Crippen molar-refractivity contribution in [2.75, 3.05) is 18.6 Å². The fourth-order valence-electron chi connectivity index (χ4n) is 4.75. The van der Waals surface area contributed by atoms with E-state index in [1.54, 1.807) is 23.8 Å². The number of benzene rings is 3. The third kappa shape index (κ3) is 5.61. The highest BCUT2D eigenvalue weighted by Crippen LogP contribution is 2.37. The highest BCUT2D eigenvalue weighted by atomic mass is 16.5. The van der Waals surface area contributed by atoms with Crippen LogP contribution in [-0.2, 0) is 16.1 Å². The first kappa shape index (κ1) is 26.2. The van der Waals surface area contributed by atoms with Crippen LogP contribution in [0.2, 0.25) is 0 Å². The number of hydrogen-bond acceptors (Lipinski definition) is 4. The zero-order chi connectivity index (χ0) is 26.5. The molecule has 0 fully saturated rings. The van der Waals surface area contributed by atoms with E-state index in [2.05, 4.69) is 5.32 Å². The van der Waals surface area contributed by atoms with Crippen LogP contribution in [0, 0.1) is 0 Å². The number of methoxy groups -OCH3 is 1. The number of ether oxygens (including phenoxy) is 1. The van der Waals surface area contributed by atoms with Crippen molar-refractivity contribution in [1.82, 2.24) is 10.2 Å². The van der Waals surface area contributed by atoms with Crippen molar-refractivity contribution in [1.29, 1.82) is 0 Å². The lowest BCUT2D eigenvalue weighted by Gasteiger charge is -2.30. The van der Waals surface area contributed by atoms with Gasteiger partial charge in [0.15, 0.2) is 0 Å². The molecule has 0 saturated heterocycles. The van der Waals surface area contributed by atoms with Gasteiger partial charge in [-0.1, -0.05) is 43.3 Å². The summed E-state index contributed by atoms with van der Waals surface area (Å²) in [6.45, 7) is 6.44. The normalized spacial score (nSPS) is 13.9. The van der Waals surface area contributed by atoms with Crippen molar-refractivity contribution in [2.45, 2.75) is 58.7 Å². The van der Waals surface area contributed by atoms with Crippen LogP contribution in [0.5, 0.6) is 5.75 Å². The van der Waals surface area contributed by atoms with E-state index >= 15 is 0 Å². The SMILES string of the molecule is CC[C@H](C)NC(=O)[C@@H](C)N(Cc1cccc(OC)c1)C(=O)CCCN1C(=O)c2cccc3cccc1c23. The van der Waals surface area contributed by atoms with Crippen LogP contribution < -0.4 is 15.0 Å². The molecular formula is C30H35N3O4. The summed E-state index contributed by atoms with van der Waals surface area (Å²) >= 11 is 0. The lowest BCUT2D eigenvalue weighted by atomic mass is 10.1. The molecule has 3 aromatic carbocycles. The van der Waals surface area contributed by atoms with Crippen LogP contribution in [0.1, 0.15) is 56.0 Å². The number of nitrogens with zero attached hydrogens (tertiary/aromatic N) is 2. The lowest BCUT2D eigenvalue weighted by Crippen LogP contribution is -2.49. The number of anilines is 1. The molecule has 3 amide bonds. The Morgan fingerprint density at radius 1 is 1.05 bits per heavy atom. The summed E-state index contributed by atoms with van der Waals surface area (Å²) in [5, 5.41) is 4.99. The fraction of sp³-hybridized carbons (Fsp3) is 0.367. The van der Waals surface area contributed by atoms with Gasteiger partial charge in [-0.05, 0) is 61.9 Å². The third-order valence-electron chi connectivity index (χ3n) is 7.08. The number of hydrogen-bond donors (Lipinski definition) is 1. The first-order chi connectivity index (χ1) is 17.8. The molecule has 37 heavy (non-hydrogen) atoms. The molecule has 1 N–H and O–H groups in total. The molecule has 1 heterocycles. The van der Waals surface area contributed by atoms with Gasteiger partial charge in [0.25, 0.3) is 5.91 Å². The molecule has 0 unspecified atom stereocenters. The van der Waals surface area contributed by atoms with Crippen molar-refractivity contribution >= 4 is 34.2 Å². The van der Waals surface area contributed by atoms with E-state index in [0.29, 0.717) is 30.8 Å². The van der Waals surface area contributed by atoms with Gasteiger partial charge in [0, 0.05) is 36.5 Å². The minimum Gasteiger partial charge on any atom is -0.497 e. The van der Waals surface area contributed by atoms with E-state index in [0.717, 1.165) is 28.4 Å². The summed E-state index contributed by atoms with van der Waals surface area (Å²) in [7, 11) is 1.60. The molecular weight excluding hydrogens is 466 g/mol. The number of nitrogens with one attached hydrogen (secondary N) is 1. The summed E-state index contributed by atoms with van der Waals surface area (Å²) < 4.78 is 5.33. The van der Waals surface area contributed by atoms with E-state index in [-0.39, 0.29) is 30.2 Å². The fourth-order valence-corrected chi connectivity index (χ4v) is 4.75. The van der Waals surface area contributed by atoms with Crippen molar-refractivity contribution in [3.8, 4) is 5.75 Å². The maximum Gasteiger partial charge on any atom is 0.258 e. The number of rotatable bonds is 11. The molecule has 7 nitrogen and oxygen atoms in total. The third-order valence-corrected chi connectivity index (χ3v) is 7.08. The standard InChI is InChI=1S/C30H35N3O4/c1-5-20(2)31-29(35)21(3)33(19-22-10-6-13-24(18-22)37-4)27(34)16-9-17-32-26-15-8-12-23-11-7-14-25(28(23)26)30(32)36/h6-8,10-15,18,20-21H,5,9,16-17,19H2,1-4H3,(H,31,35)/t20-,21+/m0/s1. The van der Waals surface area contributed by atoms with Crippen LogP contribution in [0.4, 0.5) is 5.69 Å². The first-order valence-corrected chi connectivity index (χ1v) is 12.9. The minimum atomic E-state index is -0.640. The second kappa shape index (κ2) is 11.5. The van der Waals surface area contributed by atoms with Crippen molar-refractivity contribution < 1.29 is 19.1 Å². The Morgan fingerprint density at radius 3 is 2.51 bits per heavy atom. The molecule has 1 aliphatic rings. The maximum absolute atomic E-state index is 13.5. The molecule has 4 rings (SSSR count). The minimum absolute atomic E-state index is 0.0224. The monoisotopic (exact) mass is 501 g/mol. The Morgan fingerprint density at radius 2 is 1.78 bits per heavy atom. The Hall–Kier alpha value is -3.87. The molecule has 1 aliphatic heterocycles. The predicted octanol–water partition coefficient (Wildman–Crippen LogP) is 4.92. The highest BCUT2D eigenvalue weighted by molar-refractivity contribution is 6.25. The van der Waals surface area contributed by atoms with E-state index in [4.69, 9.17) is 4.74 Å². The summed E-state index contributed by atoms with van der Waals surface area (Å²) in [6.07, 6.45) is 1.52. The second-order valence-corrected chi connectivity index (χ2v) is 9.61. The number of amides is 3. The topological polar surface area (TPSA) is 79.0 Å². The summed E-state index contributed by atoms with van der Waals surface area (Å²) in [5.41, 5.74) is 2.47. The summed E-state index contributed by atoms with van der Waals surface area (Å²) in [6, 6.07) is 18.6. The zero-order valence-corrected chi connectivity index (χ0v) is 22.0. The Bertz CT molecular complexity index is 1300. The lowest BCUT2D eigenvalue weighted by molar-refractivity contribution is -0.140. The Balaban J connectivity index is 1.47. The van der Waals surface area contributed by atoms with Crippen LogP contribution in [0.25, 0.3) is 10.8 Å². The number of carbonyl (C=O) groups excluding carboxylic acids is 3. The van der Waals surface area contributed by atoms with Crippen molar-refractivity contribution in [2.24, 2.45) is 0 Å². The number of carbonyl (C=O) groups is 3. The van der Waals surface area contributed by atoms with Crippen molar-refractivity contribution in [3.05, 3.63) is 71.8 Å². The van der Waals surface area contributed by atoms with Gasteiger partial charge in [0.1, 0.15) is 11.8 Å². The zero-order valence-electron chi connectivity index (χ0n) is 22.0. The molecule has 0 saturated carbocycles. The van der Waals surface area contributed by atoms with Gasteiger partial charge in [-0.3, -0.25) is 14.4 Å². The average molecular weight is 502 g/mol. The largest absolute Gasteiger partial charge is 0.497 e. The van der Waals surface area contributed by atoms with Gasteiger partial charge in [-0.2, -0.15) is 0 Å². The Kier molecular flexibility index (Phi) is 8.11. The summed E-state index contributed by atoms with van der Waals surface area (Å²) in [5.74, 6) is 0.358. The van der Waals surface area contributed by atoms with Crippen molar-refractivity contribution in [3.63, 3.8) is 0 Å². The molecule has 194 valence electrons. The highest BCUT2D eigenvalue weighted by Gasteiger charge is 2.30. The van der Waals surface area contributed by atoms with E-state index in [1.165, 1.54) is 0 Å². The Labute approximate surface area is 218 Å². The van der Waals surface area contributed by atoms with Crippen LogP contribution in [-0.4, -0.2) is 48.4 Å². The van der Waals surface area contributed by atoms with Crippen LogP contribution in [0.15, 0.2) is 60.7 Å². The molecule has 0 aromatic heterocycles. The van der Waals surface area contributed by atoms with Gasteiger partial charge >= 0.3 is 0 Å². The second-order valence-electron chi connectivity index (χ2n) is 9.61. The predicted molar refractivity (Wildman–Crippen MR) is 146 cm³/mol. The maximum atomic E-state index is 13.5. The first-order valence-electron chi connectivity index (χ1n) is 12.9. The van der Waals surface area contributed by atoms with Gasteiger partial charge < -0.3 is 19.9 Å². The molecule has 0 spiro atoms. The molecule has 2 atom stereocenters. The van der Waals surface area contributed by atoms with E-state index < -0.39 is 6.04 Å². The average Bonchev–Trinajstić information content (AvgIpc) is 3.19. The molecule has 0 aliphatic carbocycles. The van der Waals surface area contributed by atoms with E-state index in [9.17, 15) is 14.4 Å².